The molecular weight excluding hydrogens is 217 g/mol. The van der Waals surface area contributed by atoms with Crippen LogP contribution in [0.2, 0.25) is 0 Å². The highest BCUT2D eigenvalue weighted by molar-refractivity contribution is 5.08. The molecule has 92 valence electrons. The number of likely N-dealkylation sites (tertiary alicyclic amines) is 1. The molecule has 0 bridgehead atoms. The number of fused-ring (bicyclic) bond motifs is 1. The van der Waals surface area contributed by atoms with Crippen molar-refractivity contribution in [3.8, 4) is 0 Å². The predicted molar refractivity (Wildman–Crippen MR) is 54.1 cm³/mol. The Morgan fingerprint density at radius 2 is 2.00 bits per heavy atom. The summed E-state index contributed by atoms with van der Waals surface area (Å²) in [6, 6.07) is 0.435. The molecule has 2 unspecified atom stereocenters. The minimum absolute atomic E-state index is 0.115. The topological polar surface area (TPSA) is 15.3 Å². The van der Waals surface area contributed by atoms with Crippen LogP contribution in [-0.4, -0.2) is 43.3 Å². The highest BCUT2D eigenvalue weighted by Gasteiger charge is 2.65. The number of nitrogens with zero attached hydrogens (tertiary/aromatic N) is 1. The molecule has 0 spiro atoms. The fraction of sp³-hybridized carbons (Fsp3) is 1.00. The molecule has 5 heteroatoms. The molecule has 2 saturated heterocycles. The molecule has 0 amide bonds. The lowest BCUT2D eigenvalue weighted by Crippen LogP contribution is -2.47. The standard InChI is InChI=1S/C11H17F3N2/c12-11(13,14)10-6-15-4-8(10)5-16(7-10)9-2-1-3-9/h8-9,15H,1-7H2. The van der Waals surface area contributed by atoms with Gasteiger partial charge < -0.3 is 5.32 Å². The summed E-state index contributed by atoms with van der Waals surface area (Å²) in [5, 5.41) is 2.92. The van der Waals surface area contributed by atoms with Gasteiger partial charge in [0.2, 0.25) is 0 Å². The van der Waals surface area contributed by atoms with Crippen molar-refractivity contribution >= 4 is 0 Å². The monoisotopic (exact) mass is 234 g/mol. The first-order valence-electron chi connectivity index (χ1n) is 6.04. The zero-order chi connectivity index (χ0) is 11.4. The molecule has 0 aromatic rings. The van der Waals surface area contributed by atoms with Gasteiger partial charge in [-0.2, -0.15) is 13.2 Å². The molecule has 3 fully saturated rings. The van der Waals surface area contributed by atoms with E-state index in [9.17, 15) is 13.2 Å². The Morgan fingerprint density at radius 1 is 1.25 bits per heavy atom. The van der Waals surface area contributed by atoms with E-state index in [0.717, 1.165) is 12.8 Å². The summed E-state index contributed by atoms with van der Waals surface area (Å²) in [7, 11) is 0. The van der Waals surface area contributed by atoms with E-state index in [2.05, 4.69) is 10.2 Å². The molecule has 3 rings (SSSR count). The number of nitrogens with one attached hydrogen (secondary N) is 1. The minimum Gasteiger partial charge on any atom is -0.315 e. The van der Waals surface area contributed by atoms with Crippen LogP contribution in [0.4, 0.5) is 13.2 Å². The average molecular weight is 234 g/mol. The normalized spacial score (nSPS) is 41.1. The number of alkyl halides is 3. The van der Waals surface area contributed by atoms with Crippen LogP contribution in [0.3, 0.4) is 0 Å². The second kappa shape index (κ2) is 3.35. The smallest absolute Gasteiger partial charge is 0.315 e. The zero-order valence-corrected chi connectivity index (χ0v) is 9.19. The van der Waals surface area contributed by atoms with E-state index in [0.29, 0.717) is 19.1 Å². The molecule has 2 atom stereocenters. The van der Waals surface area contributed by atoms with Gasteiger partial charge in [0.15, 0.2) is 0 Å². The summed E-state index contributed by atoms with van der Waals surface area (Å²) in [5.74, 6) is -0.229. The second-order valence-corrected chi connectivity index (χ2v) is 5.50. The molecule has 1 saturated carbocycles. The van der Waals surface area contributed by atoms with E-state index in [-0.39, 0.29) is 19.0 Å². The molecule has 2 aliphatic heterocycles. The maximum absolute atomic E-state index is 13.2. The van der Waals surface area contributed by atoms with Crippen LogP contribution < -0.4 is 5.32 Å². The van der Waals surface area contributed by atoms with Gasteiger partial charge in [-0.3, -0.25) is 4.90 Å². The second-order valence-electron chi connectivity index (χ2n) is 5.50. The summed E-state index contributed by atoms with van der Waals surface area (Å²) in [5.41, 5.74) is -1.46. The molecule has 3 aliphatic rings. The van der Waals surface area contributed by atoms with E-state index in [1.165, 1.54) is 6.42 Å². The Morgan fingerprint density at radius 3 is 2.50 bits per heavy atom. The highest BCUT2D eigenvalue weighted by atomic mass is 19.4. The lowest BCUT2D eigenvalue weighted by molar-refractivity contribution is -0.222. The Balaban J connectivity index is 1.81. The van der Waals surface area contributed by atoms with E-state index in [1.807, 2.05) is 0 Å². The Labute approximate surface area is 93.2 Å². The van der Waals surface area contributed by atoms with Gasteiger partial charge in [-0.05, 0) is 12.8 Å². The van der Waals surface area contributed by atoms with Gasteiger partial charge in [-0.25, -0.2) is 0 Å². The van der Waals surface area contributed by atoms with Crippen molar-refractivity contribution in [2.75, 3.05) is 26.2 Å². The molecule has 2 nitrogen and oxygen atoms in total. The van der Waals surface area contributed by atoms with Gasteiger partial charge in [0.1, 0.15) is 0 Å². The summed E-state index contributed by atoms with van der Waals surface area (Å²) < 4.78 is 39.6. The van der Waals surface area contributed by atoms with Crippen LogP contribution in [0.25, 0.3) is 0 Å². The van der Waals surface area contributed by atoms with E-state index < -0.39 is 11.6 Å². The van der Waals surface area contributed by atoms with Crippen LogP contribution in [0.5, 0.6) is 0 Å². The van der Waals surface area contributed by atoms with E-state index >= 15 is 0 Å². The quantitative estimate of drug-likeness (QED) is 0.741. The first-order chi connectivity index (χ1) is 7.53. The van der Waals surface area contributed by atoms with E-state index in [1.54, 1.807) is 0 Å². The Kier molecular flexibility index (Phi) is 2.27. The predicted octanol–water partition coefficient (Wildman–Crippen LogP) is 1.62. The lowest BCUT2D eigenvalue weighted by Gasteiger charge is -2.37. The number of rotatable bonds is 1. The summed E-state index contributed by atoms with van der Waals surface area (Å²) in [6.45, 7) is 1.50. The van der Waals surface area contributed by atoms with Gasteiger partial charge >= 0.3 is 6.18 Å². The number of hydrogen-bond donors (Lipinski definition) is 1. The van der Waals surface area contributed by atoms with Crippen LogP contribution in [0, 0.1) is 11.3 Å². The largest absolute Gasteiger partial charge is 0.397 e. The molecule has 2 heterocycles. The van der Waals surface area contributed by atoms with Crippen molar-refractivity contribution in [3.05, 3.63) is 0 Å². The van der Waals surface area contributed by atoms with Crippen molar-refractivity contribution < 1.29 is 13.2 Å². The summed E-state index contributed by atoms with van der Waals surface area (Å²) >= 11 is 0. The van der Waals surface area contributed by atoms with Crippen molar-refractivity contribution in [2.24, 2.45) is 11.3 Å². The third-order valence-electron chi connectivity index (χ3n) is 4.71. The molecule has 0 aromatic heterocycles. The first-order valence-corrected chi connectivity index (χ1v) is 6.04. The van der Waals surface area contributed by atoms with Crippen LogP contribution in [0.15, 0.2) is 0 Å². The summed E-state index contributed by atoms with van der Waals surface area (Å²) in [4.78, 5) is 2.09. The third kappa shape index (κ3) is 1.34. The molecule has 16 heavy (non-hydrogen) atoms. The molecule has 0 radical (unpaired) electrons. The number of halogens is 3. The van der Waals surface area contributed by atoms with Gasteiger partial charge in [-0.1, -0.05) is 6.42 Å². The van der Waals surface area contributed by atoms with Gasteiger partial charge in [0, 0.05) is 38.1 Å². The highest BCUT2D eigenvalue weighted by Crippen LogP contribution is 2.52. The first kappa shape index (κ1) is 10.8. The van der Waals surface area contributed by atoms with Crippen LogP contribution in [0.1, 0.15) is 19.3 Å². The maximum atomic E-state index is 13.2. The minimum atomic E-state index is -4.06. The average Bonchev–Trinajstić information content (AvgIpc) is 2.54. The maximum Gasteiger partial charge on any atom is 0.397 e. The molecule has 1 N–H and O–H groups in total. The Bertz CT molecular complexity index is 287. The van der Waals surface area contributed by atoms with Crippen molar-refractivity contribution in [2.45, 2.75) is 31.5 Å². The van der Waals surface area contributed by atoms with Gasteiger partial charge in [0.25, 0.3) is 0 Å². The Hall–Kier alpha value is -0.290. The lowest BCUT2D eigenvalue weighted by atomic mass is 9.80. The van der Waals surface area contributed by atoms with Crippen LogP contribution in [-0.2, 0) is 0 Å². The van der Waals surface area contributed by atoms with Crippen molar-refractivity contribution in [3.63, 3.8) is 0 Å². The van der Waals surface area contributed by atoms with E-state index in [4.69, 9.17) is 0 Å². The summed E-state index contributed by atoms with van der Waals surface area (Å²) in [6.07, 6.45) is -0.690. The number of hydrogen-bond acceptors (Lipinski definition) is 2. The fourth-order valence-corrected chi connectivity index (χ4v) is 3.39. The fourth-order valence-electron chi connectivity index (χ4n) is 3.39. The van der Waals surface area contributed by atoms with Crippen molar-refractivity contribution in [1.29, 1.82) is 0 Å². The zero-order valence-electron chi connectivity index (χ0n) is 9.19. The van der Waals surface area contributed by atoms with Crippen LogP contribution >= 0.6 is 0 Å². The molecule has 0 aromatic carbocycles. The SMILES string of the molecule is FC(F)(F)C12CNCC1CN(C1CCC1)C2. The van der Waals surface area contributed by atoms with Crippen molar-refractivity contribution in [1.82, 2.24) is 10.2 Å². The molecular formula is C11H17F3N2. The van der Waals surface area contributed by atoms with Gasteiger partial charge in [0.05, 0.1) is 5.41 Å². The van der Waals surface area contributed by atoms with Gasteiger partial charge in [-0.15, -0.1) is 0 Å². The molecule has 1 aliphatic carbocycles. The third-order valence-corrected chi connectivity index (χ3v) is 4.71.